The fourth-order valence-electron chi connectivity index (χ4n) is 3.33. The number of nitrogens with zero attached hydrogens (tertiary/aromatic N) is 1. The minimum absolute atomic E-state index is 0.191. The first kappa shape index (κ1) is 20.6. The first-order valence-electron chi connectivity index (χ1n) is 9.41. The molecule has 0 spiro atoms. The van der Waals surface area contributed by atoms with Crippen LogP contribution in [-0.2, 0) is 14.6 Å². The first-order valence-corrected chi connectivity index (χ1v) is 11.3. The van der Waals surface area contributed by atoms with Crippen molar-refractivity contribution in [1.29, 1.82) is 0 Å². The van der Waals surface area contributed by atoms with Crippen LogP contribution in [0.15, 0.2) is 83.9 Å². The van der Waals surface area contributed by atoms with Crippen LogP contribution in [0.1, 0.15) is 10.4 Å². The van der Waals surface area contributed by atoms with Gasteiger partial charge in [-0.15, -0.1) is 0 Å². The molecule has 0 bridgehead atoms. The molecule has 0 atom stereocenters. The molecule has 3 aromatic carbocycles. The maximum Gasteiger partial charge on any atom is 0.340 e. The van der Waals surface area contributed by atoms with Crippen LogP contribution < -0.4 is 4.74 Å². The molecule has 7 heteroatoms. The standard InChI is InChI=1S/C24H19NO5S/c1-29-24(26)22-11-5-10-21-20(12-13-25-23(21)22)16-6-3-7-17(14-16)30-18-8-4-9-19(15-18)31(2,27)28/h3-15H,1-2H3. The quantitative estimate of drug-likeness (QED) is 0.417. The molecule has 0 aliphatic heterocycles. The minimum atomic E-state index is -3.33. The minimum Gasteiger partial charge on any atom is -0.465 e. The van der Waals surface area contributed by atoms with Crippen molar-refractivity contribution in [2.24, 2.45) is 0 Å². The van der Waals surface area contributed by atoms with Gasteiger partial charge >= 0.3 is 5.97 Å². The molecule has 0 amide bonds. The van der Waals surface area contributed by atoms with Crippen molar-refractivity contribution >= 4 is 26.7 Å². The van der Waals surface area contributed by atoms with Gasteiger partial charge in [0.15, 0.2) is 9.84 Å². The van der Waals surface area contributed by atoms with Gasteiger partial charge in [-0.3, -0.25) is 4.98 Å². The van der Waals surface area contributed by atoms with E-state index in [4.69, 9.17) is 9.47 Å². The molecule has 1 aromatic heterocycles. The van der Waals surface area contributed by atoms with Gasteiger partial charge in [-0.2, -0.15) is 0 Å². The van der Waals surface area contributed by atoms with Crippen molar-refractivity contribution in [3.63, 3.8) is 0 Å². The zero-order valence-corrected chi connectivity index (χ0v) is 17.7. The van der Waals surface area contributed by atoms with E-state index in [1.54, 1.807) is 36.5 Å². The lowest BCUT2D eigenvalue weighted by molar-refractivity contribution is 0.0602. The van der Waals surface area contributed by atoms with E-state index in [0.29, 0.717) is 22.6 Å². The highest BCUT2D eigenvalue weighted by Gasteiger charge is 2.14. The Labute approximate surface area is 180 Å². The van der Waals surface area contributed by atoms with E-state index in [-0.39, 0.29) is 4.90 Å². The average molecular weight is 433 g/mol. The number of pyridine rings is 1. The van der Waals surface area contributed by atoms with E-state index < -0.39 is 15.8 Å². The summed E-state index contributed by atoms with van der Waals surface area (Å²) < 4.78 is 34.4. The van der Waals surface area contributed by atoms with E-state index >= 15 is 0 Å². The smallest absolute Gasteiger partial charge is 0.340 e. The second kappa shape index (κ2) is 8.20. The number of hydrogen-bond donors (Lipinski definition) is 0. The Kier molecular flexibility index (Phi) is 5.44. The van der Waals surface area contributed by atoms with Gasteiger partial charge < -0.3 is 9.47 Å². The topological polar surface area (TPSA) is 82.6 Å². The number of rotatable bonds is 5. The summed E-state index contributed by atoms with van der Waals surface area (Å²) in [5.41, 5.74) is 2.70. The van der Waals surface area contributed by atoms with Crippen LogP contribution >= 0.6 is 0 Å². The van der Waals surface area contributed by atoms with Crippen LogP contribution in [0.4, 0.5) is 0 Å². The van der Waals surface area contributed by atoms with Gasteiger partial charge in [0, 0.05) is 17.8 Å². The summed E-state index contributed by atoms with van der Waals surface area (Å²) in [6.45, 7) is 0. The molecule has 4 rings (SSSR count). The molecule has 0 saturated carbocycles. The molecule has 156 valence electrons. The molecule has 31 heavy (non-hydrogen) atoms. The molecule has 0 aliphatic carbocycles. The van der Waals surface area contributed by atoms with E-state index in [2.05, 4.69) is 4.98 Å². The van der Waals surface area contributed by atoms with Crippen LogP contribution in [0, 0.1) is 0 Å². The largest absolute Gasteiger partial charge is 0.465 e. The lowest BCUT2D eigenvalue weighted by Crippen LogP contribution is -2.03. The summed E-state index contributed by atoms with van der Waals surface area (Å²) >= 11 is 0. The maximum atomic E-state index is 12.1. The number of hydrogen-bond acceptors (Lipinski definition) is 6. The number of benzene rings is 3. The van der Waals surface area contributed by atoms with Crippen LogP contribution in [0.3, 0.4) is 0 Å². The summed E-state index contributed by atoms with van der Waals surface area (Å²) in [7, 11) is -1.99. The number of methoxy groups -OCH3 is 1. The Hall–Kier alpha value is -3.71. The van der Waals surface area contributed by atoms with Gasteiger partial charge in [0.2, 0.25) is 0 Å². The third kappa shape index (κ3) is 4.27. The number of carbonyl (C=O) groups is 1. The van der Waals surface area contributed by atoms with Crippen molar-refractivity contribution in [3.8, 4) is 22.6 Å². The third-order valence-electron chi connectivity index (χ3n) is 4.79. The molecule has 1 heterocycles. The van der Waals surface area contributed by atoms with Gasteiger partial charge in [0.25, 0.3) is 0 Å². The second-order valence-corrected chi connectivity index (χ2v) is 8.94. The van der Waals surface area contributed by atoms with Gasteiger partial charge in [-0.1, -0.05) is 30.3 Å². The lowest BCUT2D eigenvalue weighted by atomic mass is 9.99. The van der Waals surface area contributed by atoms with Crippen molar-refractivity contribution in [3.05, 3.63) is 84.6 Å². The predicted octanol–water partition coefficient (Wildman–Crippen LogP) is 4.88. The molecule has 0 saturated heterocycles. The highest BCUT2D eigenvalue weighted by atomic mass is 32.2. The summed E-state index contributed by atoms with van der Waals surface area (Å²) in [5, 5.41) is 0.807. The summed E-state index contributed by atoms with van der Waals surface area (Å²) in [6.07, 6.45) is 2.80. The Morgan fingerprint density at radius 3 is 2.35 bits per heavy atom. The molecular weight excluding hydrogens is 414 g/mol. The number of ether oxygens (including phenoxy) is 2. The third-order valence-corrected chi connectivity index (χ3v) is 5.90. The number of esters is 1. The van der Waals surface area contributed by atoms with Gasteiger partial charge in [0.1, 0.15) is 11.5 Å². The highest BCUT2D eigenvalue weighted by molar-refractivity contribution is 7.90. The Balaban J connectivity index is 1.74. The van der Waals surface area contributed by atoms with Gasteiger partial charge in [-0.05, 0) is 53.6 Å². The fourth-order valence-corrected chi connectivity index (χ4v) is 3.99. The Bertz CT molecular complexity index is 1400. The van der Waals surface area contributed by atoms with Crippen LogP contribution in [0.2, 0.25) is 0 Å². The van der Waals surface area contributed by atoms with Crippen LogP contribution in [0.25, 0.3) is 22.0 Å². The predicted molar refractivity (Wildman–Crippen MR) is 118 cm³/mol. The molecule has 0 N–H and O–H groups in total. The molecule has 0 unspecified atom stereocenters. The maximum absolute atomic E-state index is 12.1. The number of aromatic nitrogens is 1. The lowest BCUT2D eigenvalue weighted by Gasteiger charge is -2.11. The number of para-hydroxylation sites is 1. The Morgan fingerprint density at radius 2 is 1.61 bits per heavy atom. The van der Waals surface area contributed by atoms with Crippen LogP contribution in [0.5, 0.6) is 11.5 Å². The molecule has 6 nitrogen and oxygen atoms in total. The number of carbonyl (C=O) groups excluding carboxylic acids is 1. The van der Waals surface area contributed by atoms with Gasteiger partial charge in [0.05, 0.1) is 23.1 Å². The monoisotopic (exact) mass is 433 g/mol. The van der Waals surface area contributed by atoms with Crippen molar-refractivity contribution in [2.45, 2.75) is 4.90 Å². The van der Waals surface area contributed by atoms with E-state index in [9.17, 15) is 13.2 Å². The van der Waals surface area contributed by atoms with E-state index in [1.807, 2.05) is 30.3 Å². The summed E-state index contributed by atoms with van der Waals surface area (Å²) in [4.78, 5) is 16.7. The molecule has 4 aromatic rings. The van der Waals surface area contributed by atoms with E-state index in [0.717, 1.165) is 22.8 Å². The van der Waals surface area contributed by atoms with Crippen LogP contribution in [-0.4, -0.2) is 32.7 Å². The zero-order chi connectivity index (χ0) is 22.0. The molecule has 0 fully saturated rings. The molecule has 0 radical (unpaired) electrons. The second-order valence-electron chi connectivity index (χ2n) is 6.93. The number of sulfone groups is 1. The van der Waals surface area contributed by atoms with Crippen molar-refractivity contribution in [1.82, 2.24) is 4.98 Å². The summed E-state index contributed by atoms with van der Waals surface area (Å²) in [5.74, 6) is 0.531. The normalized spacial score (nSPS) is 11.3. The van der Waals surface area contributed by atoms with Crippen molar-refractivity contribution in [2.75, 3.05) is 13.4 Å². The fraction of sp³-hybridized carbons (Fsp3) is 0.0833. The first-order chi connectivity index (χ1) is 14.9. The number of fused-ring (bicyclic) bond motifs is 1. The SMILES string of the molecule is COC(=O)c1cccc2c(-c3cccc(Oc4cccc(S(C)(=O)=O)c4)c3)ccnc12. The Morgan fingerprint density at radius 1 is 0.903 bits per heavy atom. The molecular formula is C24H19NO5S. The summed E-state index contributed by atoms with van der Waals surface area (Å²) in [6, 6.07) is 21.0. The van der Waals surface area contributed by atoms with Crippen molar-refractivity contribution < 1.29 is 22.7 Å². The zero-order valence-electron chi connectivity index (χ0n) is 16.9. The van der Waals surface area contributed by atoms with E-state index in [1.165, 1.54) is 19.2 Å². The molecule has 0 aliphatic rings. The highest BCUT2D eigenvalue weighted by Crippen LogP contribution is 2.33. The van der Waals surface area contributed by atoms with Gasteiger partial charge in [-0.25, -0.2) is 13.2 Å². The average Bonchev–Trinajstić information content (AvgIpc) is 2.77.